The molecule has 138 valence electrons. The third-order valence-electron chi connectivity index (χ3n) is 5.35. The molecule has 2 heterocycles. The summed E-state index contributed by atoms with van der Waals surface area (Å²) < 4.78 is 6.88. The number of rotatable bonds is 6. The number of methoxy groups -OCH3 is 1. The molecule has 2 amide bonds. The molecule has 0 radical (unpaired) electrons. The van der Waals surface area contributed by atoms with Gasteiger partial charge in [-0.25, -0.2) is 0 Å². The summed E-state index contributed by atoms with van der Waals surface area (Å²) in [5, 5.41) is 7.53. The highest BCUT2D eigenvalue weighted by atomic mass is 16.5. The molecule has 1 aliphatic heterocycles. The van der Waals surface area contributed by atoms with Gasteiger partial charge < -0.3 is 15.0 Å². The molecule has 0 aromatic carbocycles. The Morgan fingerprint density at radius 1 is 1.36 bits per heavy atom. The molecule has 2 fully saturated rings. The van der Waals surface area contributed by atoms with Gasteiger partial charge in [0.25, 0.3) is 5.91 Å². The maximum absolute atomic E-state index is 12.8. The van der Waals surface area contributed by atoms with Crippen LogP contribution in [-0.4, -0.2) is 58.8 Å². The summed E-state index contributed by atoms with van der Waals surface area (Å²) >= 11 is 0. The van der Waals surface area contributed by atoms with E-state index in [0.717, 1.165) is 37.8 Å². The average Bonchev–Trinajstić information content (AvgIpc) is 3.38. The summed E-state index contributed by atoms with van der Waals surface area (Å²) in [5.74, 6) is 0.367. The Morgan fingerprint density at radius 3 is 2.56 bits per heavy atom. The minimum Gasteiger partial charge on any atom is -0.385 e. The molecule has 1 aliphatic carbocycles. The van der Waals surface area contributed by atoms with Gasteiger partial charge in [0, 0.05) is 45.3 Å². The van der Waals surface area contributed by atoms with Crippen LogP contribution in [-0.2, 0) is 16.6 Å². The van der Waals surface area contributed by atoms with E-state index in [1.54, 1.807) is 18.8 Å². The molecule has 1 saturated carbocycles. The fraction of sp³-hybridized carbons (Fsp3) is 0.722. The number of ether oxygens (including phenoxy) is 1. The number of piperidine rings is 1. The normalized spacial score (nSPS) is 19.7. The molecular weight excluding hydrogens is 320 g/mol. The first kappa shape index (κ1) is 17.9. The first-order valence-electron chi connectivity index (χ1n) is 9.05. The van der Waals surface area contributed by atoms with Crippen LogP contribution in [0.5, 0.6) is 0 Å². The molecule has 0 spiro atoms. The van der Waals surface area contributed by atoms with E-state index in [-0.39, 0.29) is 23.3 Å². The summed E-state index contributed by atoms with van der Waals surface area (Å²) in [6, 6.07) is 1.82. The summed E-state index contributed by atoms with van der Waals surface area (Å²) in [7, 11) is 3.47. The average molecular weight is 348 g/mol. The van der Waals surface area contributed by atoms with Crippen LogP contribution in [0.4, 0.5) is 0 Å². The van der Waals surface area contributed by atoms with Crippen molar-refractivity contribution < 1.29 is 14.3 Å². The molecule has 0 unspecified atom stereocenters. The number of likely N-dealkylation sites (tertiary alicyclic amines) is 1. The van der Waals surface area contributed by atoms with Crippen LogP contribution in [0, 0.1) is 12.8 Å². The van der Waals surface area contributed by atoms with Gasteiger partial charge in [0.05, 0.1) is 5.69 Å². The zero-order valence-electron chi connectivity index (χ0n) is 15.4. The zero-order valence-corrected chi connectivity index (χ0v) is 15.4. The molecule has 7 nitrogen and oxygen atoms in total. The van der Waals surface area contributed by atoms with Gasteiger partial charge in [0.1, 0.15) is 5.69 Å². The highest BCUT2D eigenvalue weighted by Gasteiger charge is 2.40. The number of nitrogens with zero attached hydrogens (tertiary/aromatic N) is 3. The Kier molecular flexibility index (Phi) is 5.13. The van der Waals surface area contributed by atoms with Crippen molar-refractivity contribution in [3.05, 3.63) is 17.5 Å². The van der Waals surface area contributed by atoms with E-state index in [2.05, 4.69) is 10.4 Å². The van der Waals surface area contributed by atoms with Crippen molar-refractivity contribution in [2.45, 2.75) is 44.6 Å². The second-order valence-corrected chi connectivity index (χ2v) is 7.37. The van der Waals surface area contributed by atoms with Gasteiger partial charge in [-0.15, -0.1) is 0 Å². The number of hydrogen-bond acceptors (Lipinski definition) is 4. The second kappa shape index (κ2) is 7.15. The van der Waals surface area contributed by atoms with Crippen molar-refractivity contribution in [1.82, 2.24) is 20.0 Å². The number of carbonyl (C=O) groups is 2. The van der Waals surface area contributed by atoms with E-state index in [1.165, 1.54) is 0 Å². The van der Waals surface area contributed by atoms with E-state index in [4.69, 9.17) is 4.74 Å². The van der Waals surface area contributed by atoms with Crippen LogP contribution < -0.4 is 5.32 Å². The lowest BCUT2D eigenvalue weighted by Gasteiger charge is -2.42. The second-order valence-electron chi connectivity index (χ2n) is 7.37. The molecule has 3 rings (SSSR count). The van der Waals surface area contributed by atoms with Crippen LogP contribution >= 0.6 is 0 Å². The first-order valence-corrected chi connectivity index (χ1v) is 9.05. The number of nitrogens with one attached hydrogen (secondary N) is 1. The van der Waals surface area contributed by atoms with Gasteiger partial charge >= 0.3 is 0 Å². The van der Waals surface area contributed by atoms with Gasteiger partial charge in [0.15, 0.2) is 0 Å². The van der Waals surface area contributed by atoms with Crippen LogP contribution in [0.15, 0.2) is 6.07 Å². The molecule has 1 aromatic heterocycles. The van der Waals surface area contributed by atoms with E-state index >= 15 is 0 Å². The number of aryl methyl sites for hydroxylation is 2. The molecule has 1 saturated heterocycles. The Bertz CT molecular complexity index is 643. The summed E-state index contributed by atoms with van der Waals surface area (Å²) in [6.07, 6.45) is 4.30. The highest BCUT2D eigenvalue weighted by molar-refractivity contribution is 5.92. The van der Waals surface area contributed by atoms with Crippen molar-refractivity contribution >= 4 is 11.8 Å². The quantitative estimate of drug-likeness (QED) is 0.840. The Balaban J connectivity index is 1.65. The standard InChI is InChI=1S/C18H28N4O3/c1-13-12-15(21(2)20-13)17(24)22-9-6-18(7-10-22,8-11-25-3)19-16(23)14-4-5-14/h12,14H,4-11H2,1-3H3,(H,19,23). The molecule has 1 aromatic rings. The van der Waals surface area contributed by atoms with Crippen molar-refractivity contribution in [2.24, 2.45) is 13.0 Å². The first-order chi connectivity index (χ1) is 11.9. The minimum absolute atomic E-state index is 0.0111. The molecular formula is C18H28N4O3. The lowest BCUT2D eigenvalue weighted by Crippen LogP contribution is -2.57. The van der Waals surface area contributed by atoms with Gasteiger partial charge in [-0.05, 0) is 45.1 Å². The third-order valence-corrected chi connectivity index (χ3v) is 5.35. The highest BCUT2D eigenvalue weighted by Crippen LogP contribution is 2.32. The number of aromatic nitrogens is 2. The maximum atomic E-state index is 12.8. The van der Waals surface area contributed by atoms with Gasteiger partial charge in [-0.2, -0.15) is 5.10 Å². The smallest absolute Gasteiger partial charge is 0.272 e. The lowest BCUT2D eigenvalue weighted by molar-refractivity contribution is -0.125. The summed E-state index contributed by atoms with van der Waals surface area (Å²) in [6.45, 7) is 3.77. The number of amides is 2. The van der Waals surface area contributed by atoms with Crippen LogP contribution in [0.2, 0.25) is 0 Å². The SMILES string of the molecule is COCCC1(NC(=O)C2CC2)CCN(C(=O)c2cc(C)nn2C)CC1. The molecule has 2 aliphatic rings. The molecule has 7 heteroatoms. The minimum atomic E-state index is -0.255. The molecule has 0 bridgehead atoms. The number of carbonyl (C=O) groups excluding carboxylic acids is 2. The van der Waals surface area contributed by atoms with Crippen LogP contribution in [0.3, 0.4) is 0 Å². The topological polar surface area (TPSA) is 76.5 Å². The third kappa shape index (κ3) is 4.03. The van der Waals surface area contributed by atoms with Crippen LogP contribution in [0.25, 0.3) is 0 Å². The van der Waals surface area contributed by atoms with Crippen molar-refractivity contribution in [1.29, 1.82) is 0 Å². The van der Waals surface area contributed by atoms with Crippen molar-refractivity contribution in [3.8, 4) is 0 Å². The van der Waals surface area contributed by atoms with E-state index < -0.39 is 0 Å². The van der Waals surface area contributed by atoms with Crippen LogP contribution in [0.1, 0.15) is 48.3 Å². The summed E-state index contributed by atoms with van der Waals surface area (Å²) in [5.41, 5.74) is 1.20. The van der Waals surface area contributed by atoms with Gasteiger partial charge in [-0.1, -0.05) is 0 Å². The maximum Gasteiger partial charge on any atom is 0.272 e. The Labute approximate surface area is 148 Å². The van der Waals surface area contributed by atoms with E-state index in [1.807, 2.05) is 17.9 Å². The molecule has 0 atom stereocenters. The predicted molar refractivity (Wildman–Crippen MR) is 93.2 cm³/mol. The molecule has 25 heavy (non-hydrogen) atoms. The monoisotopic (exact) mass is 348 g/mol. The Morgan fingerprint density at radius 2 is 2.04 bits per heavy atom. The largest absolute Gasteiger partial charge is 0.385 e. The van der Waals surface area contributed by atoms with Crippen molar-refractivity contribution in [2.75, 3.05) is 26.8 Å². The van der Waals surface area contributed by atoms with E-state index in [9.17, 15) is 9.59 Å². The molecule has 1 N–H and O–H groups in total. The fourth-order valence-corrected chi connectivity index (χ4v) is 3.55. The lowest BCUT2D eigenvalue weighted by atomic mass is 9.84. The van der Waals surface area contributed by atoms with Crippen molar-refractivity contribution in [3.63, 3.8) is 0 Å². The predicted octanol–water partition coefficient (Wildman–Crippen LogP) is 1.27. The zero-order chi connectivity index (χ0) is 18.0. The number of hydrogen-bond donors (Lipinski definition) is 1. The summed E-state index contributed by atoms with van der Waals surface area (Å²) in [4.78, 5) is 26.9. The van der Waals surface area contributed by atoms with Gasteiger partial charge in [-0.3, -0.25) is 14.3 Å². The Hall–Kier alpha value is -1.89. The fourth-order valence-electron chi connectivity index (χ4n) is 3.55. The van der Waals surface area contributed by atoms with Gasteiger partial charge in [0.2, 0.25) is 5.91 Å². The van der Waals surface area contributed by atoms with E-state index in [0.29, 0.717) is 25.4 Å².